The van der Waals surface area contributed by atoms with Crippen molar-refractivity contribution in [2.75, 3.05) is 6.54 Å². The van der Waals surface area contributed by atoms with E-state index in [0.717, 1.165) is 5.69 Å². The second kappa shape index (κ2) is 5.46. The van der Waals surface area contributed by atoms with E-state index in [-0.39, 0.29) is 11.9 Å². The third-order valence-electron chi connectivity index (χ3n) is 3.57. The molecule has 5 heteroatoms. The molecule has 1 saturated carbocycles. The monoisotopic (exact) mass is 270 g/mol. The molecule has 104 valence electrons. The van der Waals surface area contributed by atoms with Crippen LogP contribution in [0.4, 0.5) is 0 Å². The molecule has 1 aromatic carbocycles. The van der Waals surface area contributed by atoms with Crippen molar-refractivity contribution in [2.45, 2.75) is 18.9 Å². The Morgan fingerprint density at radius 2 is 2.10 bits per heavy atom. The second-order valence-corrected chi connectivity index (χ2v) is 5.19. The summed E-state index contributed by atoms with van der Waals surface area (Å²) in [5.41, 5.74) is 7.31. The van der Waals surface area contributed by atoms with Gasteiger partial charge in [-0.25, -0.2) is 4.68 Å². The lowest BCUT2D eigenvalue weighted by Gasteiger charge is -2.10. The van der Waals surface area contributed by atoms with Crippen LogP contribution in [0.25, 0.3) is 5.69 Å². The molecule has 0 radical (unpaired) electrons. The zero-order valence-electron chi connectivity index (χ0n) is 11.2. The average Bonchev–Trinajstić information content (AvgIpc) is 3.22. The smallest absolute Gasteiger partial charge is 0.271 e. The van der Waals surface area contributed by atoms with Crippen LogP contribution in [0, 0.1) is 5.92 Å². The van der Waals surface area contributed by atoms with Gasteiger partial charge in [0.15, 0.2) is 5.69 Å². The first-order valence-corrected chi connectivity index (χ1v) is 6.89. The first kappa shape index (κ1) is 12.9. The van der Waals surface area contributed by atoms with Crippen molar-refractivity contribution in [3.8, 4) is 5.69 Å². The van der Waals surface area contributed by atoms with Gasteiger partial charge in [0.1, 0.15) is 0 Å². The number of carbonyl (C=O) groups excluding carboxylic acids is 1. The maximum absolute atomic E-state index is 12.0. The van der Waals surface area contributed by atoms with Crippen LogP contribution in [0.5, 0.6) is 0 Å². The number of hydrogen-bond donors (Lipinski definition) is 2. The molecule has 1 heterocycles. The van der Waals surface area contributed by atoms with Crippen LogP contribution >= 0.6 is 0 Å². The molecule has 2 aromatic rings. The highest BCUT2D eigenvalue weighted by Crippen LogP contribution is 2.31. The molecule has 3 N–H and O–H groups in total. The van der Waals surface area contributed by atoms with Gasteiger partial charge in [-0.15, -0.1) is 0 Å². The summed E-state index contributed by atoms with van der Waals surface area (Å²) in [5, 5.41) is 7.13. The average molecular weight is 270 g/mol. The van der Waals surface area contributed by atoms with Crippen molar-refractivity contribution < 1.29 is 4.79 Å². The summed E-state index contributed by atoms with van der Waals surface area (Å²) >= 11 is 0. The largest absolute Gasteiger partial charge is 0.349 e. The molecular weight excluding hydrogens is 252 g/mol. The van der Waals surface area contributed by atoms with Gasteiger partial charge in [0, 0.05) is 18.8 Å². The molecule has 3 rings (SSSR count). The third kappa shape index (κ3) is 2.88. The van der Waals surface area contributed by atoms with Gasteiger partial charge in [0.2, 0.25) is 0 Å². The molecule has 0 spiro atoms. The Hall–Kier alpha value is -2.14. The molecule has 0 aliphatic heterocycles. The van der Waals surface area contributed by atoms with Gasteiger partial charge in [-0.2, -0.15) is 5.10 Å². The minimum Gasteiger partial charge on any atom is -0.349 e. The van der Waals surface area contributed by atoms with Crippen molar-refractivity contribution in [3.63, 3.8) is 0 Å². The van der Waals surface area contributed by atoms with Crippen molar-refractivity contribution >= 4 is 5.91 Å². The van der Waals surface area contributed by atoms with Crippen LogP contribution in [0.1, 0.15) is 23.3 Å². The Morgan fingerprint density at radius 1 is 1.35 bits per heavy atom. The predicted octanol–water partition coefficient (Wildman–Crippen LogP) is 1.34. The summed E-state index contributed by atoms with van der Waals surface area (Å²) in [6, 6.07) is 11.5. The molecule has 1 aliphatic carbocycles. The number of carbonyl (C=O) groups is 1. The number of hydrogen-bond acceptors (Lipinski definition) is 3. The number of aromatic nitrogens is 2. The topological polar surface area (TPSA) is 72.9 Å². The molecule has 0 bridgehead atoms. The van der Waals surface area contributed by atoms with Crippen molar-refractivity contribution in [1.29, 1.82) is 0 Å². The van der Waals surface area contributed by atoms with Gasteiger partial charge < -0.3 is 11.1 Å². The van der Waals surface area contributed by atoms with E-state index in [1.807, 2.05) is 30.3 Å². The normalized spacial score (nSPS) is 15.8. The number of nitrogens with one attached hydrogen (secondary N) is 1. The summed E-state index contributed by atoms with van der Waals surface area (Å²) in [6.45, 7) is 0.516. The molecule has 20 heavy (non-hydrogen) atoms. The summed E-state index contributed by atoms with van der Waals surface area (Å²) in [6.07, 6.45) is 4.14. The lowest BCUT2D eigenvalue weighted by molar-refractivity contribution is 0.0945. The Bertz CT molecular complexity index is 589. The molecule has 1 unspecified atom stereocenters. The van der Waals surface area contributed by atoms with Gasteiger partial charge in [0.25, 0.3) is 5.91 Å². The van der Waals surface area contributed by atoms with E-state index in [2.05, 4.69) is 10.4 Å². The summed E-state index contributed by atoms with van der Waals surface area (Å²) < 4.78 is 1.69. The molecule has 1 atom stereocenters. The quantitative estimate of drug-likeness (QED) is 0.861. The van der Waals surface area contributed by atoms with Crippen LogP contribution in [-0.4, -0.2) is 28.3 Å². The van der Waals surface area contributed by atoms with Crippen molar-refractivity contribution in [1.82, 2.24) is 15.1 Å². The van der Waals surface area contributed by atoms with Crippen molar-refractivity contribution in [3.05, 3.63) is 48.3 Å². The molecule has 1 amide bonds. The number of amides is 1. The Labute approximate surface area is 117 Å². The Balaban J connectivity index is 1.62. The first-order chi connectivity index (χ1) is 9.74. The number of para-hydroxylation sites is 1. The fourth-order valence-electron chi connectivity index (χ4n) is 2.16. The first-order valence-electron chi connectivity index (χ1n) is 6.89. The Morgan fingerprint density at radius 3 is 2.80 bits per heavy atom. The van der Waals surface area contributed by atoms with Gasteiger partial charge in [-0.1, -0.05) is 18.2 Å². The van der Waals surface area contributed by atoms with Crippen LogP contribution in [0.3, 0.4) is 0 Å². The van der Waals surface area contributed by atoms with Crippen LogP contribution < -0.4 is 11.1 Å². The van der Waals surface area contributed by atoms with Crippen LogP contribution in [0.15, 0.2) is 42.6 Å². The molecule has 1 aliphatic rings. The van der Waals surface area contributed by atoms with Gasteiger partial charge in [-0.3, -0.25) is 4.79 Å². The van der Waals surface area contributed by atoms with E-state index in [0.29, 0.717) is 18.2 Å². The van der Waals surface area contributed by atoms with Gasteiger partial charge in [-0.05, 0) is 37.0 Å². The maximum Gasteiger partial charge on any atom is 0.271 e. The highest BCUT2D eigenvalue weighted by Gasteiger charge is 2.28. The number of nitrogens with zero attached hydrogens (tertiary/aromatic N) is 2. The van der Waals surface area contributed by atoms with E-state index in [1.165, 1.54) is 12.8 Å². The van der Waals surface area contributed by atoms with E-state index in [1.54, 1.807) is 16.9 Å². The number of benzene rings is 1. The summed E-state index contributed by atoms with van der Waals surface area (Å²) in [7, 11) is 0. The SMILES string of the molecule is NC(CNC(=O)c1ccn(-c2ccccc2)n1)C1CC1. The minimum atomic E-state index is -0.171. The fourth-order valence-corrected chi connectivity index (χ4v) is 2.16. The molecule has 0 saturated heterocycles. The highest BCUT2D eigenvalue weighted by atomic mass is 16.1. The van der Waals surface area contributed by atoms with E-state index >= 15 is 0 Å². The van der Waals surface area contributed by atoms with E-state index < -0.39 is 0 Å². The van der Waals surface area contributed by atoms with Gasteiger partial charge in [0.05, 0.1) is 5.69 Å². The summed E-state index contributed by atoms with van der Waals surface area (Å²) in [5.74, 6) is 0.410. The zero-order chi connectivity index (χ0) is 13.9. The molecule has 5 nitrogen and oxygen atoms in total. The summed E-state index contributed by atoms with van der Waals surface area (Å²) in [4.78, 5) is 12.0. The molecule has 1 fully saturated rings. The van der Waals surface area contributed by atoms with Crippen molar-refractivity contribution in [2.24, 2.45) is 11.7 Å². The lowest BCUT2D eigenvalue weighted by atomic mass is 10.2. The standard InChI is InChI=1S/C15H18N4O/c16-13(11-6-7-11)10-17-15(20)14-8-9-19(18-14)12-4-2-1-3-5-12/h1-5,8-9,11,13H,6-7,10,16H2,(H,17,20). The highest BCUT2D eigenvalue weighted by molar-refractivity contribution is 5.92. The van der Waals surface area contributed by atoms with E-state index in [9.17, 15) is 4.79 Å². The fraction of sp³-hybridized carbons (Fsp3) is 0.333. The minimum absolute atomic E-state index is 0.0650. The Kier molecular flexibility index (Phi) is 3.52. The predicted molar refractivity (Wildman–Crippen MR) is 76.6 cm³/mol. The van der Waals surface area contributed by atoms with E-state index in [4.69, 9.17) is 5.73 Å². The number of rotatable bonds is 5. The second-order valence-electron chi connectivity index (χ2n) is 5.19. The number of nitrogens with two attached hydrogens (primary N) is 1. The maximum atomic E-state index is 12.0. The zero-order valence-corrected chi connectivity index (χ0v) is 11.2. The van der Waals surface area contributed by atoms with Crippen LogP contribution in [-0.2, 0) is 0 Å². The lowest BCUT2D eigenvalue weighted by Crippen LogP contribution is -2.38. The van der Waals surface area contributed by atoms with Gasteiger partial charge >= 0.3 is 0 Å². The van der Waals surface area contributed by atoms with Crippen LogP contribution in [0.2, 0.25) is 0 Å². The molecular formula is C15H18N4O. The molecule has 1 aromatic heterocycles. The third-order valence-corrected chi connectivity index (χ3v) is 3.57.